The molecule has 0 aliphatic carbocycles. The van der Waals surface area contributed by atoms with Crippen molar-refractivity contribution in [3.05, 3.63) is 0 Å². The molecule has 0 saturated carbocycles. The van der Waals surface area contributed by atoms with Crippen molar-refractivity contribution in [2.24, 2.45) is 17.8 Å². The van der Waals surface area contributed by atoms with E-state index in [1.807, 2.05) is 20.8 Å². The van der Waals surface area contributed by atoms with Gasteiger partial charge in [0, 0.05) is 5.92 Å². The lowest BCUT2D eigenvalue weighted by atomic mass is 9.73. The summed E-state index contributed by atoms with van der Waals surface area (Å²) in [6.07, 6.45) is -0.591. The van der Waals surface area contributed by atoms with Crippen LogP contribution in [0.1, 0.15) is 42.0 Å². The monoisotopic (exact) mass is 188 g/mol. The average Bonchev–Trinajstić information content (AvgIpc) is 1.97. The summed E-state index contributed by atoms with van der Waals surface area (Å²) in [6.45, 7) is 10.5. The van der Waals surface area contributed by atoms with Crippen molar-refractivity contribution >= 4 is 0 Å². The first-order chi connectivity index (χ1) is 5.36. The summed E-state index contributed by atoms with van der Waals surface area (Å²) in [6, 6.07) is 0. The molecule has 2 nitrogen and oxygen atoms in total. The summed E-state index contributed by atoms with van der Waals surface area (Å²) < 4.78 is 5.52. The van der Waals surface area contributed by atoms with Crippen molar-refractivity contribution < 1.29 is 9.84 Å². The van der Waals surface area contributed by atoms with Crippen molar-refractivity contribution in [3.8, 4) is 0 Å². The van der Waals surface area contributed by atoms with Crippen molar-refractivity contribution in [1.29, 1.82) is 0 Å². The first kappa shape index (κ1) is 12.9. The molecule has 1 saturated heterocycles. The maximum Gasteiger partial charge on any atom is 0.158 e. The molecule has 1 fully saturated rings. The van der Waals surface area contributed by atoms with Crippen LogP contribution in [0.15, 0.2) is 0 Å². The minimum atomic E-state index is -0.591. The molecule has 4 atom stereocenters. The van der Waals surface area contributed by atoms with Gasteiger partial charge in [0.25, 0.3) is 0 Å². The van der Waals surface area contributed by atoms with Gasteiger partial charge in [0.15, 0.2) is 6.29 Å². The topological polar surface area (TPSA) is 29.5 Å². The molecule has 1 heterocycles. The van der Waals surface area contributed by atoms with Crippen LogP contribution in [-0.4, -0.2) is 17.0 Å². The zero-order valence-corrected chi connectivity index (χ0v) is 8.66. The third-order valence-electron chi connectivity index (χ3n) is 3.59. The number of rotatable bonds is 0. The Morgan fingerprint density at radius 3 is 2.00 bits per heavy atom. The second kappa shape index (κ2) is 3.97. The average molecular weight is 188 g/mol. The van der Waals surface area contributed by atoms with Gasteiger partial charge >= 0.3 is 0 Å². The number of aliphatic hydroxyl groups excluding tert-OH is 1. The number of hydrogen-bond donors (Lipinski definition) is 1. The molecular formula is C11H24O2. The Bertz CT molecular complexity index is 165. The minimum absolute atomic E-state index is 0. The summed E-state index contributed by atoms with van der Waals surface area (Å²) in [5.41, 5.74) is -0.189. The summed E-state index contributed by atoms with van der Waals surface area (Å²) in [4.78, 5) is 0. The fourth-order valence-electron chi connectivity index (χ4n) is 1.87. The van der Waals surface area contributed by atoms with Crippen molar-refractivity contribution in [2.75, 3.05) is 0 Å². The quantitative estimate of drug-likeness (QED) is 0.633. The van der Waals surface area contributed by atoms with E-state index >= 15 is 0 Å². The van der Waals surface area contributed by atoms with E-state index in [-0.39, 0.29) is 18.9 Å². The molecule has 0 aromatic carbocycles. The van der Waals surface area contributed by atoms with Crippen LogP contribution in [-0.2, 0) is 4.74 Å². The first-order valence-electron chi connectivity index (χ1n) is 4.72. The van der Waals surface area contributed by atoms with Crippen LogP contribution in [0.5, 0.6) is 0 Å². The molecule has 0 amide bonds. The van der Waals surface area contributed by atoms with Gasteiger partial charge in [-0.1, -0.05) is 28.2 Å². The van der Waals surface area contributed by atoms with Crippen molar-refractivity contribution in [1.82, 2.24) is 0 Å². The second-order valence-corrected chi connectivity index (χ2v) is 4.62. The number of aliphatic hydroxyl groups is 1. The molecule has 80 valence electrons. The maximum atomic E-state index is 9.58. The third-order valence-corrected chi connectivity index (χ3v) is 3.59. The van der Waals surface area contributed by atoms with Gasteiger partial charge in [-0.3, -0.25) is 0 Å². The van der Waals surface area contributed by atoms with Crippen LogP contribution in [0, 0.1) is 17.8 Å². The summed E-state index contributed by atoms with van der Waals surface area (Å²) in [5.74, 6) is 1.26. The number of ether oxygens (including phenoxy) is 1. The molecule has 1 aliphatic heterocycles. The van der Waals surface area contributed by atoms with E-state index in [9.17, 15) is 5.11 Å². The molecule has 0 spiro atoms. The van der Waals surface area contributed by atoms with Gasteiger partial charge in [-0.05, 0) is 25.7 Å². The molecule has 1 aliphatic rings. The van der Waals surface area contributed by atoms with Gasteiger partial charge in [0.1, 0.15) is 0 Å². The van der Waals surface area contributed by atoms with Crippen LogP contribution in [0.2, 0.25) is 0 Å². The molecule has 1 N–H and O–H groups in total. The zero-order chi connectivity index (χ0) is 9.52. The fourth-order valence-corrected chi connectivity index (χ4v) is 1.87. The Morgan fingerprint density at radius 2 is 1.54 bits per heavy atom. The van der Waals surface area contributed by atoms with Gasteiger partial charge < -0.3 is 9.84 Å². The zero-order valence-electron chi connectivity index (χ0n) is 8.66. The SMILES string of the molecule is C.CC1C(O)OC(C)(C)C(C)C1C. The summed E-state index contributed by atoms with van der Waals surface area (Å²) in [7, 11) is 0. The van der Waals surface area contributed by atoms with Crippen molar-refractivity contribution in [3.63, 3.8) is 0 Å². The first-order valence-corrected chi connectivity index (χ1v) is 4.72. The van der Waals surface area contributed by atoms with Crippen LogP contribution in [0.4, 0.5) is 0 Å². The van der Waals surface area contributed by atoms with E-state index in [4.69, 9.17) is 4.74 Å². The third kappa shape index (κ3) is 2.23. The van der Waals surface area contributed by atoms with Crippen LogP contribution in [0.25, 0.3) is 0 Å². The Kier molecular flexibility index (Phi) is 3.95. The Balaban J connectivity index is 0.00000144. The Labute approximate surface area is 82.3 Å². The highest BCUT2D eigenvalue weighted by atomic mass is 16.6. The molecule has 0 radical (unpaired) electrons. The van der Waals surface area contributed by atoms with Crippen molar-refractivity contribution in [2.45, 2.75) is 53.9 Å². The Hall–Kier alpha value is -0.0800. The molecule has 0 aromatic heterocycles. The molecule has 0 aromatic rings. The second-order valence-electron chi connectivity index (χ2n) is 4.62. The highest BCUT2D eigenvalue weighted by Gasteiger charge is 2.42. The van der Waals surface area contributed by atoms with Gasteiger partial charge in [-0.25, -0.2) is 0 Å². The molecule has 2 heteroatoms. The normalized spacial score (nSPS) is 43.8. The predicted octanol–water partition coefficient (Wildman–Crippen LogP) is 2.66. The lowest BCUT2D eigenvalue weighted by Gasteiger charge is -2.46. The van der Waals surface area contributed by atoms with E-state index in [0.717, 1.165) is 0 Å². The Morgan fingerprint density at radius 1 is 1.08 bits per heavy atom. The van der Waals surface area contributed by atoms with E-state index in [1.165, 1.54) is 0 Å². The van der Waals surface area contributed by atoms with E-state index in [0.29, 0.717) is 11.8 Å². The molecule has 0 bridgehead atoms. The fraction of sp³-hybridized carbons (Fsp3) is 1.00. The predicted molar refractivity (Wildman–Crippen MR) is 55.4 cm³/mol. The summed E-state index contributed by atoms with van der Waals surface area (Å²) >= 11 is 0. The van der Waals surface area contributed by atoms with Crippen LogP contribution in [0.3, 0.4) is 0 Å². The standard InChI is InChI=1S/C10H20O2.CH4/c1-6-7(2)9(11)12-10(4,5)8(6)3;/h6-9,11H,1-5H3;1H4. The summed E-state index contributed by atoms with van der Waals surface area (Å²) in [5, 5.41) is 9.58. The highest BCUT2D eigenvalue weighted by Crippen LogP contribution is 2.39. The van der Waals surface area contributed by atoms with E-state index in [2.05, 4.69) is 13.8 Å². The van der Waals surface area contributed by atoms with Gasteiger partial charge in [0.2, 0.25) is 0 Å². The molecule has 4 unspecified atom stereocenters. The lowest BCUT2D eigenvalue weighted by molar-refractivity contribution is -0.260. The molecule has 1 rings (SSSR count). The van der Waals surface area contributed by atoms with Gasteiger partial charge in [0.05, 0.1) is 5.60 Å². The van der Waals surface area contributed by atoms with Crippen LogP contribution < -0.4 is 0 Å². The highest BCUT2D eigenvalue weighted by molar-refractivity contribution is 4.88. The van der Waals surface area contributed by atoms with Crippen LogP contribution >= 0.6 is 0 Å². The van der Waals surface area contributed by atoms with E-state index in [1.54, 1.807) is 0 Å². The molecule has 13 heavy (non-hydrogen) atoms. The van der Waals surface area contributed by atoms with Gasteiger partial charge in [-0.15, -0.1) is 0 Å². The largest absolute Gasteiger partial charge is 0.368 e. The minimum Gasteiger partial charge on any atom is -0.368 e. The molecular weight excluding hydrogens is 164 g/mol. The van der Waals surface area contributed by atoms with E-state index < -0.39 is 6.29 Å². The van der Waals surface area contributed by atoms with Gasteiger partial charge in [-0.2, -0.15) is 0 Å². The lowest BCUT2D eigenvalue weighted by Crippen LogP contribution is -2.50. The maximum absolute atomic E-state index is 9.58. The smallest absolute Gasteiger partial charge is 0.158 e. The number of hydrogen-bond acceptors (Lipinski definition) is 2.